The van der Waals surface area contributed by atoms with E-state index >= 15 is 0 Å². The molecule has 3 rings (SSSR count). The van der Waals surface area contributed by atoms with E-state index in [0.29, 0.717) is 31.9 Å². The lowest BCUT2D eigenvalue weighted by molar-refractivity contribution is -0.141. The largest absolute Gasteiger partial charge is 0.364 e. The summed E-state index contributed by atoms with van der Waals surface area (Å²) in [5.74, 6) is 0.636. The van der Waals surface area contributed by atoms with E-state index in [1.54, 1.807) is 12.2 Å². The maximum absolute atomic E-state index is 13.4. The molecule has 1 heterocycles. The fourth-order valence-electron chi connectivity index (χ4n) is 4.31. The van der Waals surface area contributed by atoms with Crippen LogP contribution in [-0.2, 0) is 14.3 Å². The minimum absolute atomic E-state index is 0.0246. The molecule has 0 bridgehead atoms. The van der Waals surface area contributed by atoms with Crippen molar-refractivity contribution < 1.29 is 14.3 Å². The summed E-state index contributed by atoms with van der Waals surface area (Å²) in [6, 6.07) is 0. The van der Waals surface area contributed by atoms with Crippen LogP contribution in [0.1, 0.15) is 51.9 Å². The van der Waals surface area contributed by atoms with Crippen molar-refractivity contribution >= 4 is 11.8 Å². The summed E-state index contributed by atoms with van der Waals surface area (Å²) in [6.07, 6.45) is 13.8. The van der Waals surface area contributed by atoms with Crippen LogP contribution in [0.5, 0.6) is 0 Å². The van der Waals surface area contributed by atoms with Crippen LogP contribution in [0.25, 0.3) is 0 Å². The predicted molar refractivity (Wildman–Crippen MR) is 120 cm³/mol. The average molecular weight is 413 g/mol. The zero-order chi connectivity index (χ0) is 21.5. The number of ether oxygens (including phenoxy) is 1. The highest BCUT2D eigenvalue weighted by atomic mass is 16.5. The van der Waals surface area contributed by atoms with Gasteiger partial charge < -0.3 is 14.5 Å². The average Bonchev–Trinajstić information content (AvgIpc) is 3.59. The molecular weight excluding hydrogens is 376 g/mol. The van der Waals surface area contributed by atoms with E-state index in [1.807, 2.05) is 16.7 Å². The van der Waals surface area contributed by atoms with Crippen LogP contribution in [0, 0.1) is 11.8 Å². The maximum atomic E-state index is 13.4. The molecule has 0 aromatic carbocycles. The number of rotatable bonds is 10. The summed E-state index contributed by atoms with van der Waals surface area (Å²) in [6.45, 7) is 12.3. The van der Waals surface area contributed by atoms with E-state index in [2.05, 4.69) is 25.3 Å². The molecule has 5 nitrogen and oxygen atoms in total. The molecular formula is C25H36N2O3. The summed E-state index contributed by atoms with van der Waals surface area (Å²) >= 11 is 0. The first-order valence-corrected chi connectivity index (χ1v) is 11.4. The molecule has 0 aromatic rings. The van der Waals surface area contributed by atoms with Gasteiger partial charge in [0.25, 0.3) is 5.91 Å². The molecule has 2 amide bonds. The number of hydrogen-bond donors (Lipinski definition) is 0. The normalized spacial score (nSPS) is 22.6. The quantitative estimate of drug-likeness (QED) is 0.505. The van der Waals surface area contributed by atoms with E-state index in [0.717, 1.165) is 50.0 Å². The van der Waals surface area contributed by atoms with Crippen molar-refractivity contribution in [3.63, 3.8) is 0 Å². The molecule has 2 aliphatic carbocycles. The lowest BCUT2D eigenvalue weighted by Gasteiger charge is -2.34. The molecule has 0 aromatic heterocycles. The summed E-state index contributed by atoms with van der Waals surface area (Å²) in [5.41, 5.74) is 1.94. The van der Waals surface area contributed by atoms with E-state index in [-0.39, 0.29) is 17.7 Å². The van der Waals surface area contributed by atoms with Crippen molar-refractivity contribution in [1.29, 1.82) is 0 Å². The van der Waals surface area contributed by atoms with Gasteiger partial charge in [0.15, 0.2) is 0 Å². The van der Waals surface area contributed by atoms with Crippen molar-refractivity contribution in [1.82, 2.24) is 9.80 Å². The van der Waals surface area contributed by atoms with Gasteiger partial charge in [0.2, 0.25) is 5.91 Å². The van der Waals surface area contributed by atoms with Crippen LogP contribution < -0.4 is 0 Å². The van der Waals surface area contributed by atoms with Crippen molar-refractivity contribution in [2.75, 3.05) is 26.2 Å². The van der Waals surface area contributed by atoms with Gasteiger partial charge >= 0.3 is 0 Å². The Bertz CT molecular complexity index is 714. The van der Waals surface area contributed by atoms with Crippen molar-refractivity contribution in [3.8, 4) is 0 Å². The molecule has 5 heteroatoms. The Labute approximate surface area is 181 Å². The van der Waals surface area contributed by atoms with Gasteiger partial charge in [-0.3, -0.25) is 9.59 Å². The lowest BCUT2D eigenvalue weighted by atomic mass is 9.91. The summed E-state index contributed by atoms with van der Waals surface area (Å²) < 4.78 is 5.75. The smallest absolute Gasteiger partial charge is 0.256 e. The zero-order valence-corrected chi connectivity index (χ0v) is 18.4. The molecule has 1 aliphatic heterocycles. The number of hydrogen-bond acceptors (Lipinski definition) is 3. The number of nitrogens with zero attached hydrogens (tertiary/aromatic N) is 2. The number of piperidine rings is 1. The second kappa shape index (κ2) is 10.8. The highest BCUT2D eigenvalue weighted by molar-refractivity contribution is 5.85. The molecule has 1 saturated carbocycles. The van der Waals surface area contributed by atoms with Crippen molar-refractivity contribution in [2.45, 2.75) is 58.0 Å². The molecule has 2 unspecified atom stereocenters. The highest BCUT2D eigenvalue weighted by Gasteiger charge is 2.34. The van der Waals surface area contributed by atoms with E-state index in [4.69, 9.17) is 4.74 Å². The van der Waals surface area contributed by atoms with Gasteiger partial charge in [-0.2, -0.15) is 0 Å². The molecule has 164 valence electrons. The molecule has 30 heavy (non-hydrogen) atoms. The number of allylic oxidation sites excluding steroid dienone is 2. The minimum atomic E-state index is -0.555. The molecule has 3 aliphatic rings. The predicted octanol–water partition coefficient (Wildman–Crippen LogP) is 4.23. The maximum Gasteiger partial charge on any atom is 0.256 e. The van der Waals surface area contributed by atoms with E-state index in [1.165, 1.54) is 6.42 Å². The first kappa shape index (κ1) is 22.5. The Kier molecular flexibility index (Phi) is 8.08. The first-order valence-electron chi connectivity index (χ1n) is 11.4. The number of carbonyl (C=O) groups excluding carboxylic acids is 2. The first-order chi connectivity index (χ1) is 14.5. The summed E-state index contributed by atoms with van der Waals surface area (Å²) in [7, 11) is 0. The number of likely N-dealkylation sites (tertiary alicyclic amines) is 1. The third-order valence-electron chi connectivity index (χ3n) is 6.17. The Morgan fingerprint density at radius 2 is 1.97 bits per heavy atom. The Morgan fingerprint density at radius 1 is 1.23 bits per heavy atom. The molecule has 1 saturated heterocycles. The molecule has 0 radical (unpaired) electrons. The summed E-state index contributed by atoms with van der Waals surface area (Å²) in [5, 5.41) is 0. The molecule has 0 N–H and O–H groups in total. The SMILES string of the molecule is C=CCOC(CC=C)C(=O)N(CC1CC1)C1=CCC(C(=O)N2CCCCC2)C=C1C. The van der Waals surface area contributed by atoms with Gasteiger partial charge in [-0.1, -0.05) is 24.3 Å². The molecule has 2 fully saturated rings. The minimum Gasteiger partial charge on any atom is -0.364 e. The van der Waals surface area contributed by atoms with Gasteiger partial charge in [0, 0.05) is 31.8 Å². The Morgan fingerprint density at radius 3 is 2.57 bits per heavy atom. The monoisotopic (exact) mass is 412 g/mol. The van der Waals surface area contributed by atoms with Gasteiger partial charge in [0.05, 0.1) is 12.5 Å². The second-order valence-electron chi connectivity index (χ2n) is 8.69. The Hall–Kier alpha value is -2.14. The Balaban J connectivity index is 1.73. The van der Waals surface area contributed by atoms with Crippen LogP contribution in [0.4, 0.5) is 0 Å². The van der Waals surface area contributed by atoms with Crippen molar-refractivity contribution in [2.24, 2.45) is 11.8 Å². The third-order valence-corrected chi connectivity index (χ3v) is 6.17. The van der Waals surface area contributed by atoms with Crippen LogP contribution >= 0.6 is 0 Å². The van der Waals surface area contributed by atoms with Crippen LogP contribution in [0.3, 0.4) is 0 Å². The van der Waals surface area contributed by atoms with Gasteiger partial charge in [0.1, 0.15) is 6.10 Å². The van der Waals surface area contributed by atoms with Crippen molar-refractivity contribution in [3.05, 3.63) is 48.7 Å². The van der Waals surface area contributed by atoms with Gasteiger partial charge in [-0.05, 0) is 56.9 Å². The molecule has 0 spiro atoms. The number of carbonyl (C=O) groups is 2. The van der Waals surface area contributed by atoms with Crippen LogP contribution in [0.2, 0.25) is 0 Å². The van der Waals surface area contributed by atoms with Gasteiger partial charge in [-0.25, -0.2) is 0 Å². The van der Waals surface area contributed by atoms with Gasteiger partial charge in [-0.15, -0.1) is 13.2 Å². The molecule has 2 atom stereocenters. The third kappa shape index (κ3) is 5.72. The standard InChI is InChI=1S/C25H36N2O3/c1-4-9-23(30-16-5-2)25(29)27(18-20-10-11-20)22-13-12-21(17-19(22)3)24(28)26-14-7-6-8-15-26/h4-5,13,17,20-21,23H,1-2,6-12,14-16,18H2,3H3. The topological polar surface area (TPSA) is 49.9 Å². The fourth-order valence-corrected chi connectivity index (χ4v) is 4.31. The number of amides is 2. The van der Waals surface area contributed by atoms with E-state index in [9.17, 15) is 9.59 Å². The second-order valence-corrected chi connectivity index (χ2v) is 8.69. The highest BCUT2D eigenvalue weighted by Crippen LogP contribution is 2.34. The fraction of sp³-hybridized carbons (Fsp3) is 0.600. The lowest BCUT2D eigenvalue weighted by Crippen LogP contribution is -2.43. The summed E-state index contributed by atoms with van der Waals surface area (Å²) in [4.78, 5) is 30.2. The zero-order valence-electron chi connectivity index (χ0n) is 18.4. The van der Waals surface area contributed by atoms with Crippen LogP contribution in [0.15, 0.2) is 48.7 Å². The van der Waals surface area contributed by atoms with Crippen LogP contribution in [-0.4, -0.2) is 54.0 Å². The van der Waals surface area contributed by atoms with E-state index < -0.39 is 6.10 Å².